The maximum absolute atomic E-state index is 15.7. The summed E-state index contributed by atoms with van der Waals surface area (Å²) in [5.74, 6) is -1.63. The van der Waals surface area contributed by atoms with Crippen LogP contribution < -0.4 is 30.7 Å². The van der Waals surface area contributed by atoms with Gasteiger partial charge in [-0.25, -0.2) is 18.7 Å². The van der Waals surface area contributed by atoms with Crippen LogP contribution in [0.2, 0.25) is 0 Å². The standard InChI is InChI=1S/C51H65F2N11O6/c1-50(2)13-18-59(19-14-50)30-34-26-39(53)41(28-38(34)52)63-31-45(66)58-51(32-63)15-20-61(21-16-51)43-29-42(55-33-56-43)54-17-7-5-3-4-6-8-46(67)62-24-22-60(23-25-62)35-9-10-36-37(27-35)49(70)64(48(36)69)40-11-12-44(65)57-47(40)68/h9-10,26-29,33,40H,3-8,11-25,30-32H2,1-2H3,(H,58,66)(H,54,55,56)(H,57,65,68). The highest BCUT2D eigenvalue weighted by atomic mass is 19.1. The molecule has 0 bridgehead atoms. The first-order valence-electron chi connectivity index (χ1n) is 25.1. The number of fused-ring (bicyclic) bond motifs is 1. The van der Waals surface area contributed by atoms with Crippen LogP contribution in [0.5, 0.6) is 0 Å². The summed E-state index contributed by atoms with van der Waals surface area (Å²) in [5.41, 5.74) is 1.43. The minimum atomic E-state index is -1.01. The number of carbonyl (C=O) groups is 6. The highest BCUT2D eigenvalue weighted by Crippen LogP contribution is 2.35. The van der Waals surface area contributed by atoms with E-state index in [-0.39, 0.29) is 53.4 Å². The van der Waals surface area contributed by atoms with E-state index in [0.29, 0.717) is 77.2 Å². The quantitative estimate of drug-likeness (QED) is 0.139. The van der Waals surface area contributed by atoms with Crippen LogP contribution in [0.25, 0.3) is 0 Å². The number of imide groups is 2. The Bertz CT molecular complexity index is 2500. The maximum Gasteiger partial charge on any atom is 0.262 e. The number of piperidine rings is 3. The number of aromatic nitrogens is 2. The number of nitrogens with one attached hydrogen (secondary N) is 3. The Hall–Kier alpha value is -6.24. The predicted octanol–water partition coefficient (Wildman–Crippen LogP) is 4.85. The Kier molecular flexibility index (Phi) is 14.4. The summed E-state index contributed by atoms with van der Waals surface area (Å²) in [7, 11) is 0. The van der Waals surface area contributed by atoms with Gasteiger partial charge in [0.2, 0.25) is 23.6 Å². The number of hydrogen-bond donors (Lipinski definition) is 3. The Balaban J connectivity index is 0.659. The van der Waals surface area contributed by atoms with Crippen LogP contribution in [-0.4, -0.2) is 144 Å². The van der Waals surface area contributed by atoms with E-state index < -0.39 is 46.8 Å². The second-order valence-electron chi connectivity index (χ2n) is 20.8. The Labute approximate surface area is 407 Å². The van der Waals surface area contributed by atoms with Crippen LogP contribution in [0.4, 0.5) is 31.8 Å². The lowest BCUT2D eigenvalue weighted by Crippen LogP contribution is -2.66. The average molecular weight is 966 g/mol. The zero-order valence-corrected chi connectivity index (χ0v) is 40.4. The van der Waals surface area contributed by atoms with Crippen molar-refractivity contribution >= 4 is 58.5 Å². The zero-order chi connectivity index (χ0) is 49.2. The lowest BCUT2D eigenvalue weighted by atomic mass is 9.82. The highest BCUT2D eigenvalue weighted by molar-refractivity contribution is 6.23. The van der Waals surface area contributed by atoms with Crippen molar-refractivity contribution in [3.05, 3.63) is 71.1 Å². The lowest BCUT2D eigenvalue weighted by molar-refractivity contribution is -0.136. The molecule has 1 spiro atoms. The lowest BCUT2D eigenvalue weighted by Gasteiger charge is -2.48. The Morgan fingerprint density at radius 1 is 0.757 bits per heavy atom. The molecule has 6 aliphatic rings. The van der Waals surface area contributed by atoms with Gasteiger partial charge in [-0.15, -0.1) is 0 Å². The molecule has 0 radical (unpaired) electrons. The van der Waals surface area contributed by atoms with Crippen LogP contribution in [0.1, 0.15) is 117 Å². The number of likely N-dealkylation sites (tertiary alicyclic amines) is 1. The molecule has 1 atom stereocenters. The molecular weight excluding hydrogens is 901 g/mol. The number of rotatable bonds is 15. The molecule has 374 valence electrons. The summed E-state index contributed by atoms with van der Waals surface area (Å²) < 4.78 is 31.2. The predicted molar refractivity (Wildman–Crippen MR) is 259 cm³/mol. The molecule has 2 aromatic carbocycles. The van der Waals surface area contributed by atoms with Crippen molar-refractivity contribution in [2.45, 2.75) is 109 Å². The number of nitrogens with zero attached hydrogens (tertiary/aromatic N) is 8. The Morgan fingerprint density at radius 2 is 1.49 bits per heavy atom. The molecule has 6 amide bonds. The second kappa shape index (κ2) is 20.6. The fraction of sp³-hybridized carbons (Fsp3) is 0.569. The van der Waals surface area contributed by atoms with Gasteiger partial charge in [0.1, 0.15) is 35.6 Å². The molecule has 0 saturated carbocycles. The number of halogens is 2. The monoisotopic (exact) mass is 966 g/mol. The van der Waals surface area contributed by atoms with Crippen molar-refractivity contribution in [2.24, 2.45) is 5.41 Å². The Morgan fingerprint density at radius 3 is 2.24 bits per heavy atom. The molecule has 1 aromatic heterocycles. The average Bonchev–Trinajstić information content (AvgIpc) is 3.59. The first-order chi connectivity index (χ1) is 33.6. The van der Waals surface area contributed by atoms with Crippen molar-refractivity contribution in [3.63, 3.8) is 0 Å². The van der Waals surface area contributed by atoms with Crippen LogP contribution >= 0.6 is 0 Å². The van der Waals surface area contributed by atoms with Gasteiger partial charge in [-0.2, -0.15) is 0 Å². The number of hydrogen-bond acceptors (Lipinski definition) is 13. The van der Waals surface area contributed by atoms with Gasteiger partial charge in [0.25, 0.3) is 11.8 Å². The molecule has 17 nitrogen and oxygen atoms in total. The topological polar surface area (TPSA) is 184 Å². The van der Waals surface area contributed by atoms with Gasteiger partial charge in [-0.05, 0) is 87.7 Å². The third-order valence-electron chi connectivity index (χ3n) is 15.3. The van der Waals surface area contributed by atoms with Crippen molar-refractivity contribution in [1.29, 1.82) is 0 Å². The summed E-state index contributed by atoms with van der Waals surface area (Å²) in [6.45, 7) is 11.2. The van der Waals surface area contributed by atoms with Crippen LogP contribution in [0.15, 0.2) is 42.7 Å². The summed E-state index contributed by atoms with van der Waals surface area (Å²) in [6, 6.07) is 8.60. The number of piperazine rings is 2. The third kappa shape index (κ3) is 10.9. The second-order valence-corrected chi connectivity index (χ2v) is 20.8. The molecule has 19 heteroatoms. The summed E-state index contributed by atoms with van der Waals surface area (Å²) >= 11 is 0. The number of unbranched alkanes of at least 4 members (excludes halogenated alkanes) is 4. The minimum absolute atomic E-state index is 0.0289. The third-order valence-corrected chi connectivity index (χ3v) is 15.3. The van der Waals surface area contributed by atoms with Crippen molar-refractivity contribution in [2.75, 3.05) is 92.0 Å². The molecule has 0 aliphatic carbocycles. The maximum atomic E-state index is 15.7. The van der Waals surface area contributed by atoms with Crippen molar-refractivity contribution < 1.29 is 37.5 Å². The fourth-order valence-electron chi connectivity index (χ4n) is 10.9. The van der Waals surface area contributed by atoms with Gasteiger partial charge >= 0.3 is 0 Å². The van der Waals surface area contributed by atoms with E-state index in [4.69, 9.17) is 0 Å². The van der Waals surface area contributed by atoms with E-state index in [1.807, 2.05) is 11.0 Å². The SMILES string of the molecule is CC1(C)CCN(Cc2cc(F)c(N3CC(=O)NC4(CCN(c5cc(NCCCCCCCC(=O)N6CCN(c7ccc8c(c7)C(=O)N(C7CCC(=O)NC7=O)C8=O)CC6)ncn5)CC4)C3)cc2F)CC1. The van der Waals surface area contributed by atoms with Gasteiger partial charge in [0, 0.05) is 95.1 Å². The molecule has 3 N–H and O–H groups in total. The van der Waals surface area contributed by atoms with E-state index in [2.05, 4.69) is 54.5 Å². The van der Waals surface area contributed by atoms with Gasteiger partial charge in [-0.1, -0.05) is 33.1 Å². The van der Waals surface area contributed by atoms with Gasteiger partial charge in [0.05, 0.1) is 28.9 Å². The van der Waals surface area contributed by atoms with Gasteiger partial charge in [-0.3, -0.25) is 43.9 Å². The summed E-state index contributed by atoms with van der Waals surface area (Å²) in [4.78, 5) is 96.5. The molecule has 5 saturated heterocycles. The highest BCUT2D eigenvalue weighted by Gasteiger charge is 2.45. The molecule has 9 rings (SSSR count). The molecule has 5 fully saturated rings. The number of amides is 6. The van der Waals surface area contributed by atoms with Crippen molar-refractivity contribution in [3.8, 4) is 0 Å². The minimum Gasteiger partial charge on any atom is -0.370 e. The van der Waals surface area contributed by atoms with E-state index >= 15 is 8.78 Å². The van der Waals surface area contributed by atoms with Gasteiger partial charge < -0.3 is 30.2 Å². The molecule has 7 heterocycles. The number of benzene rings is 2. The fourth-order valence-corrected chi connectivity index (χ4v) is 10.9. The number of carbonyl (C=O) groups excluding carboxylic acids is 6. The molecular formula is C51H65F2N11O6. The van der Waals surface area contributed by atoms with Crippen LogP contribution in [0.3, 0.4) is 0 Å². The molecule has 1 unspecified atom stereocenters. The van der Waals surface area contributed by atoms with E-state index in [1.165, 1.54) is 12.1 Å². The van der Waals surface area contributed by atoms with Gasteiger partial charge in [0.15, 0.2) is 0 Å². The molecule has 70 heavy (non-hydrogen) atoms. The normalized spacial score (nSPS) is 21.6. The number of anilines is 4. The summed E-state index contributed by atoms with van der Waals surface area (Å²) in [6.07, 6.45) is 10.2. The zero-order valence-electron chi connectivity index (χ0n) is 40.4. The summed E-state index contributed by atoms with van der Waals surface area (Å²) in [5, 5.41) is 8.83. The van der Waals surface area contributed by atoms with Crippen molar-refractivity contribution in [1.82, 2.24) is 35.3 Å². The first kappa shape index (κ1) is 48.8. The first-order valence-corrected chi connectivity index (χ1v) is 25.1. The van der Waals surface area contributed by atoms with Crippen LogP contribution in [-0.2, 0) is 25.7 Å². The molecule has 3 aromatic rings. The van der Waals surface area contributed by atoms with E-state index in [9.17, 15) is 28.8 Å². The van der Waals surface area contributed by atoms with Crippen LogP contribution in [0, 0.1) is 17.0 Å². The largest absolute Gasteiger partial charge is 0.370 e. The van der Waals surface area contributed by atoms with E-state index in [1.54, 1.807) is 29.4 Å². The smallest absolute Gasteiger partial charge is 0.262 e. The molecule has 6 aliphatic heterocycles. The van der Waals surface area contributed by atoms with E-state index in [0.717, 1.165) is 86.8 Å².